The average Bonchev–Trinajstić information content (AvgIpc) is 2.70. The van der Waals surface area contributed by atoms with Gasteiger partial charge in [-0.25, -0.2) is 0 Å². The molecule has 86 valence electrons. The van der Waals surface area contributed by atoms with E-state index in [1.54, 1.807) is 0 Å². The Labute approximate surface area is 95.8 Å². The molecular formula is C13H18N2O. The fourth-order valence-electron chi connectivity index (χ4n) is 1.87. The lowest BCUT2D eigenvalue weighted by molar-refractivity contribution is 0.348. The van der Waals surface area contributed by atoms with Gasteiger partial charge in [0.05, 0.1) is 6.26 Å². The van der Waals surface area contributed by atoms with Crippen molar-refractivity contribution in [2.24, 2.45) is 5.73 Å². The van der Waals surface area contributed by atoms with Gasteiger partial charge in [-0.15, -0.1) is 0 Å². The van der Waals surface area contributed by atoms with Crippen molar-refractivity contribution in [2.75, 3.05) is 26.7 Å². The van der Waals surface area contributed by atoms with Crippen LogP contribution in [0.2, 0.25) is 0 Å². The maximum absolute atomic E-state index is 5.51. The van der Waals surface area contributed by atoms with Gasteiger partial charge in [0.1, 0.15) is 5.58 Å². The second-order valence-corrected chi connectivity index (χ2v) is 4.10. The van der Waals surface area contributed by atoms with Gasteiger partial charge in [-0.05, 0) is 25.1 Å². The molecule has 0 spiro atoms. The summed E-state index contributed by atoms with van der Waals surface area (Å²) in [6.07, 6.45) is 2.87. The second-order valence-electron chi connectivity index (χ2n) is 4.10. The number of hydrogen-bond acceptors (Lipinski definition) is 3. The Hall–Kier alpha value is -1.32. The number of nitrogens with zero attached hydrogens (tertiary/aromatic N) is 1. The summed E-state index contributed by atoms with van der Waals surface area (Å²) in [5.41, 5.74) is 7.76. The van der Waals surface area contributed by atoms with Gasteiger partial charge < -0.3 is 15.1 Å². The maximum Gasteiger partial charge on any atom is 0.134 e. The third kappa shape index (κ3) is 2.43. The van der Waals surface area contributed by atoms with Gasteiger partial charge in [0.2, 0.25) is 0 Å². The Kier molecular flexibility index (Phi) is 3.59. The highest BCUT2D eigenvalue weighted by Crippen LogP contribution is 2.20. The first kappa shape index (κ1) is 11.2. The van der Waals surface area contributed by atoms with Crippen molar-refractivity contribution >= 4 is 11.0 Å². The maximum atomic E-state index is 5.51. The number of hydrogen-bond donors (Lipinski definition) is 1. The molecule has 0 bridgehead atoms. The molecule has 16 heavy (non-hydrogen) atoms. The molecule has 3 nitrogen and oxygen atoms in total. The van der Waals surface area contributed by atoms with Gasteiger partial charge in [0, 0.05) is 25.0 Å². The topological polar surface area (TPSA) is 42.4 Å². The van der Waals surface area contributed by atoms with E-state index in [1.807, 2.05) is 24.5 Å². The molecule has 3 heteroatoms. The summed E-state index contributed by atoms with van der Waals surface area (Å²) in [6, 6.07) is 8.15. The predicted octanol–water partition coefficient (Wildman–Crippen LogP) is 1.87. The number of furan rings is 1. The first-order valence-corrected chi connectivity index (χ1v) is 5.65. The Morgan fingerprint density at radius 3 is 2.88 bits per heavy atom. The van der Waals surface area contributed by atoms with Crippen molar-refractivity contribution < 1.29 is 4.42 Å². The van der Waals surface area contributed by atoms with E-state index in [-0.39, 0.29) is 0 Å². The van der Waals surface area contributed by atoms with Crippen molar-refractivity contribution in [3.05, 3.63) is 36.1 Å². The lowest BCUT2D eigenvalue weighted by Crippen LogP contribution is -2.27. The van der Waals surface area contributed by atoms with Crippen LogP contribution in [0.15, 0.2) is 34.9 Å². The van der Waals surface area contributed by atoms with Crippen molar-refractivity contribution in [1.82, 2.24) is 4.90 Å². The minimum absolute atomic E-state index is 0.711. The molecule has 0 radical (unpaired) electrons. The molecule has 1 aromatic heterocycles. The average molecular weight is 218 g/mol. The molecule has 0 saturated carbocycles. The van der Waals surface area contributed by atoms with E-state index in [9.17, 15) is 0 Å². The molecule has 0 unspecified atom stereocenters. The Morgan fingerprint density at radius 2 is 2.06 bits per heavy atom. The summed E-state index contributed by atoms with van der Waals surface area (Å²) >= 11 is 0. The standard InChI is InChI=1S/C13H18N2O/c1-15(9-7-14)8-6-11-10-16-13-5-3-2-4-12(11)13/h2-5,10H,6-9,14H2,1H3. The minimum atomic E-state index is 0.711. The molecule has 0 aliphatic heterocycles. The molecule has 1 aromatic carbocycles. The van der Waals surface area contributed by atoms with Crippen LogP contribution in [-0.2, 0) is 6.42 Å². The van der Waals surface area contributed by atoms with Crippen LogP contribution in [0.1, 0.15) is 5.56 Å². The molecule has 2 aromatic rings. The SMILES string of the molecule is CN(CCN)CCc1coc2ccccc12. The van der Waals surface area contributed by atoms with Crippen LogP contribution >= 0.6 is 0 Å². The monoisotopic (exact) mass is 218 g/mol. The summed E-state index contributed by atoms with van der Waals surface area (Å²) in [5, 5.41) is 1.23. The predicted molar refractivity (Wildman–Crippen MR) is 66.5 cm³/mol. The summed E-state index contributed by atoms with van der Waals surface area (Å²) in [5.74, 6) is 0. The van der Waals surface area contributed by atoms with Gasteiger partial charge in [0.15, 0.2) is 0 Å². The highest BCUT2D eigenvalue weighted by atomic mass is 16.3. The molecule has 2 N–H and O–H groups in total. The summed E-state index contributed by atoms with van der Waals surface area (Å²) in [7, 11) is 2.09. The number of para-hydroxylation sites is 1. The summed E-state index contributed by atoms with van der Waals surface area (Å²) in [4.78, 5) is 2.24. The molecule has 1 heterocycles. The van der Waals surface area contributed by atoms with Gasteiger partial charge >= 0.3 is 0 Å². The Balaban J connectivity index is 2.04. The van der Waals surface area contributed by atoms with E-state index in [1.165, 1.54) is 10.9 Å². The van der Waals surface area contributed by atoms with Crippen LogP contribution in [0.5, 0.6) is 0 Å². The van der Waals surface area contributed by atoms with Gasteiger partial charge in [-0.2, -0.15) is 0 Å². The molecule has 0 aliphatic carbocycles. The highest BCUT2D eigenvalue weighted by Gasteiger charge is 2.05. The van der Waals surface area contributed by atoms with Crippen LogP contribution in [0.3, 0.4) is 0 Å². The van der Waals surface area contributed by atoms with Gasteiger partial charge in [-0.3, -0.25) is 0 Å². The number of fused-ring (bicyclic) bond motifs is 1. The normalized spacial score (nSPS) is 11.4. The first-order chi connectivity index (χ1) is 7.81. The molecule has 0 aliphatic rings. The van der Waals surface area contributed by atoms with Crippen LogP contribution in [0.25, 0.3) is 11.0 Å². The zero-order chi connectivity index (χ0) is 11.4. The first-order valence-electron chi connectivity index (χ1n) is 5.65. The minimum Gasteiger partial charge on any atom is -0.464 e. The highest BCUT2D eigenvalue weighted by molar-refractivity contribution is 5.80. The van der Waals surface area contributed by atoms with Crippen molar-refractivity contribution in [1.29, 1.82) is 0 Å². The fourth-order valence-corrected chi connectivity index (χ4v) is 1.87. The van der Waals surface area contributed by atoms with Crippen LogP contribution in [-0.4, -0.2) is 31.6 Å². The van der Waals surface area contributed by atoms with E-state index < -0.39 is 0 Å². The van der Waals surface area contributed by atoms with Gasteiger partial charge in [0.25, 0.3) is 0 Å². The molecular weight excluding hydrogens is 200 g/mol. The van der Waals surface area contributed by atoms with E-state index in [2.05, 4.69) is 18.0 Å². The number of likely N-dealkylation sites (N-methyl/N-ethyl adjacent to an activating group) is 1. The van der Waals surface area contributed by atoms with Crippen LogP contribution in [0.4, 0.5) is 0 Å². The van der Waals surface area contributed by atoms with Crippen molar-refractivity contribution in [2.45, 2.75) is 6.42 Å². The zero-order valence-corrected chi connectivity index (χ0v) is 9.65. The zero-order valence-electron chi connectivity index (χ0n) is 9.65. The summed E-state index contributed by atoms with van der Waals surface area (Å²) < 4.78 is 5.50. The largest absolute Gasteiger partial charge is 0.464 e. The van der Waals surface area contributed by atoms with Crippen LogP contribution < -0.4 is 5.73 Å². The number of rotatable bonds is 5. The van der Waals surface area contributed by atoms with Gasteiger partial charge in [-0.1, -0.05) is 18.2 Å². The van der Waals surface area contributed by atoms with E-state index in [0.717, 1.165) is 25.1 Å². The molecule has 2 rings (SSSR count). The van der Waals surface area contributed by atoms with Crippen LogP contribution in [0, 0.1) is 0 Å². The number of benzene rings is 1. The Morgan fingerprint density at radius 1 is 1.25 bits per heavy atom. The van der Waals surface area contributed by atoms with E-state index in [4.69, 9.17) is 10.2 Å². The summed E-state index contributed by atoms with van der Waals surface area (Å²) in [6.45, 7) is 2.67. The molecule has 0 amide bonds. The lowest BCUT2D eigenvalue weighted by atomic mass is 10.1. The molecule has 0 atom stereocenters. The third-order valence-corrected chi connectivity index (χ3v) is 2.83. The molecule has 0 saturated heterocycles. The fraction of sp³-hybridized carbons (Fsp3) is 0.385. The quantitative estimate of drug-likeness (QED) is 0.833. The van der Waals surface area contributed by atoms with E-state index in [0.29, 0.717) is 6.54 Å². The van der Waals surface area contributed by atoms with Crippen molar-refractivity contribution in [3.63, 3.8) is 0 Å². The lowest BCUT2D eigenvalue weighted by Gasteiger charge is -2.14. The molecule has 0 fully saturated rings. The van der Waals surface area contributed by atoms with E-state index >= 15 is 0 Å². The van der Waals surface area contributed by atoms with Crippen molar-refractivity contribution in [3.8, 4) is 0 Å². The number of nitrogens with two attached hydrogens (primary N) is 1. The Bertz CT molecular complexity index is 450. The smallest absolute Gasteiger partial charge is 0.134 e. The third-order valence-electron chi connectivity index (χ3n) is 2.83. The second kappa shape index (κ2) is 5.14.